The van der Waals surface area contributed by atoms with Gasteiger partial charge in [-0.15, -0.1) is 12.4 Å². The summed E-state index contributed by atoms with van der Waals surface area (Å²) in [5.74, 6) is 1.72. The molecule has 32 heavy (non-hydrogen) atoms. The maximum Gasteiger partial charge on any atom is 0.138 e. The van der Waals surface area contributed by atoms with Crippen LogP contribution in [0.5, 0.6) is 5.75 Å². The number of ether oxygens (including phenoxy) is 1. The standard InChI is InChI=1S/C26H33N3O2.ClH/c1-27(2)23-9-5-21(6-10-23)7-11-25-19-22-8-12-24(20-26(22)31-25)30-18-4-13-29-16-14-28(3)15-17-29;/h5-12,19-20H,4,13-18H2,1-3H3;1H. The fraction of sp³-hybridized carbons (Fsp3) is 0.385. The van der Waals surface area contributed by atoms with E-state index in [4.69, 9.17) is 9.15 Å². The van der Waals surface area contributed by atoms with E-state index in [0.717, 1.165) is 73.8 Å². The molecule has 0 N–H and O–H groups in total. The van der Waals surface area contributed by atoms with Crippen molar-refractivity contribution in [1.29, 1.82) is 0 Å². The Balaban J connectivity index is 0.00000289. The van der Waals surface area contributed by atoms with Gasteiger partial charge in [0.15, 0.2) is 0 Å². The van der Waals surface area contributed by atoms with Crippen molar-refractivity contribution in [2.75, 3.05) is 65.4 Å². The fourth-order valence-corrected chi connectivity index (χ4v) is 3.82. The first kappa shape index (κ1) is 24.2. The number of halogens is 1. The van der Waals surface area contributed by atoms with Crippen LogP contribution in [0, 0.1) is 0 Å². The molecule has 0 radical (unpaired) electrons. The summed E-state index contributed by atoms with van der Waals surface area (Å²) in [7, 11) is 6.28. The summed E-state index contributed by atoms with van der Waals surface area (Å²) in [6, 6.07) is 16.6. The van der Waals surface area contributed by atoms with Crippen LogP contribution in [-0.4, -0.2) is 70.3 Å². The molecule has 0 atom stereocenters. The SMILES string of the molecule is CN1CCN(CCCOc2ccc3cc(C=Cc4ccc(N(C)C)cc4)oc3c2)CC1.Cl. The van der Waals surface area contributed by atoms with Gasteiger partial charge in [0.2, 0.25) is 0 Å². The Hall–Kier alpha value is -2.47. The third-order valence-corrected chi connectivity index (χ3v) is 5.84. The fourth-order valence-electron chi connectivity index (χ4n) is 3.82. The second kappa shape index (κ2) is 11.4. The van der Waals surface area contributed by atoms with Crippen LogP contribution in [0.4, 0.5) is 5.69 Å². The van der Waals surface area contributed by atoms with Crippen LogP contribution in [0.2, 0.25) is 0 Å². The lowest BCUT2D eigenvalue weighted by Gasteiger charge is -2.32. The minimum Gasteiger partial charge on any atom is -0.493 e. The molecule has 1 aliphatic rings. The molecule has 0 amide bonds. The molecule has 2 aromatic carbocycles. The first-order valence-corrected chi connectivity index (χ1v) is 11.1. The molecule has 172 valence electrons. The predicted octanol–water partition coefficient (Wildman–Crippen LogP) is 5.11. The summed E-state index contributed by atoms with van der Waals surface area (Å²) in [6.45, 7) is 6.47. The van der Waals surface area contributed by atoms with Crippen LogP contribution in [0.25, 0.3) is 23.1 Å². The van der Waals surface area contributed by atoms with Crippen LogP contribution in [-0.2, 0) is 0 Å². The highest BCUT2D eigenvalue weighted by Crippen LogP contribution is 2.26. The van der Waals surface area contributed by atoms with Crippen molar-refractivity contribution in [1.82, 2.24) is 9.80 Å². The quantitative estimate of drug-likeness (QED) is 0.441. The molecule has 0 bridgehead atoms. The molecule has 1 aromatic heterocycles. The summed E-state index contributed by atoms with van der Waals surface area (Å²) in [5, 5.41) is 1.09. The number of nitrogens with zero attached hydrogens (tertiary/aromatic N) is 3. The zero-order chi connectivity index (χ0) is 21.6. The number of fused-ring (bicyclic) bond motifs is 1. The molecule has 0 aliphatic carbocycles. The van der Waals surface area contributed by atoms with Crippen molar-refractivity contribution in [2.45, 2.75) is 6.42 Å². The maximum atomic E-state index is 6.02. The highest BCUT2D eigenvalue weighted by Gasteiger charge is 2.13. The Kier molecular flexibility index (Phi) is 8.62. The topological polar surface area (TPSA) is 32.1 Å². The number of benzene rings is 2. The van der Waals surface area contributed by atoms with Crippen molar-refractivity contribution in [3.8, 4) is 5.75 Å². The predicted molar refractivity (Wildman–Crippen MR) is 137 cm³/mol. The number of likely N-dealkylation sites (N-methyl/N-ethyl adjacent to an activating group) is 1. The van der Waals surface area contributed by atoms with Crippen LogP contribution in [0.15, 0.2) is 52.9 Å². The van der Waals surface area contributed by atoms with E-state index in [9.17, 15) is 0 Å². The van der Waals surface area contributed by atoms with Crippen molar-refractivity contribution in [3.05, 3.63) is 59.9 Å². The summed E-state index contributed by atoms with van der Waals surface area (Å²) < 4.78 is 12.0. The average molecular weight is 456 g/mol. The summed E-state index contributed by atoms with van der Waals surface area (Å²) in [5.41, 5.74) is 3.20. The van der Waals surface area contributed by atoms with E-state index in [0.29, 0.717) is 0 Å². The van der Waals surface area contributed by atoms with E-state index < -0.39 is 0 Å². The first-order chi connectivity index (χ1) is 15.1. The number of anilines is 1. The van der Waals surface area contributed by atoms with Crippen molar-refractivity contribution < 1.29 is 9.15 Å². The van der Waals surface area contributed by atoms with Crippen LogP contribution in [0.3, 0.4) is 0 Å². The Morgan fingerprint density at radius 3 is 2.44 bits per heavy atom. The normalized spacial score (nSPS) is 15.2. The highest BCUT2D eigenvalue weighted by atomic mass is 35.5. The van der Waals surface area contributed by atoms with E-state index >= 15 is 0 Å². The molecule has 5 nitrogen and oxygen atoms in total. The van der Waals surface area contributed by atoms with Gasteiger partial charge in [-0.25, -0.2) is 0 Å². The minimum absolute atomic E-state index is 0. The van der Waals surface area contributed by atoms with Gasteiger partial charge < -0.3 is 23.9 Å². The van der Waals surface area contributed by atoms with Gasteiger partial charge in [-0.05, 0) is 55.4 Å². The molecule has 1 fully saturated rings. The number of rotatable bonds is 8. The summed E-state index contributed by atoms with van der Waals surface area (Å²) >= 11 is 0. The van der Waals surface area contributed by atoms with Crippen molar-refractivity contribution in [3.63, 3.8) is 0 Å². The second-order valence-corrected chi connectivity index (χ2v) is 8.51. The van der Waals surface area contributed by atoms with Gasteiger partial charge in [0.05, 0.1) is 6.61 Å². The molecule has 4 rings (SSSR count). The molecule has 6 heteroatoms. The van der Waals surface area contributed by atoms with Crippen LogP contribution in [0.1, 0.15) is 17.7 Å². The molecular weight excluding hydrogens is 422 g/mol. The number of hydrogen-bond donors (Lipinski definition) is 0. The first-order valence-electron chi connectivity index (χ1n) is 11.1. The molecule has 0 saturated carbocycles. The van der Waals surface area contributed by atoms with Crippen molar-refractivity contribution >= 4 is 41.2 Å². The Labute approximate surface area is 197 Å². The number of furan rings is 1. The average Bonchev–Trinajstić information content (AvgIpc) is 3.19. The van der Waals surface area contributed by atoms with Gasteiger partial charge in [-0.1, -0.05) is 18.2 Å². The van der Waals surface area contributed by atoms with E-state index in [1.54, 1.807) is 0 Å². The minimum atomic E-state index is 0. The molecule has 1 aliphatic heterocycles. The molecule has 0 unspecified atom stereocenters. The third-order valence-electron chi connectivity index (χ3n) is 5.84. The van der Waals surface area contributed by atoms with E-state index in [-0.39, 0.29) is 12.4 Å². The molecule has 2 heterocycles. The van der Waals surface area contributed by atoms with Gasteiger partial charge in [0.1, 0.15) is 17.1 Å². The largest absolute Gasteiger partial charge is 0.493 e. The molecular formula is C26H34ClN3O2. The summed E-state index contributed by atoms with van der Waals surface area (Å²) in [4.78, 5) is 7.00. The van der Waals surface area contributed by atoms with Gasteiger partial charge >= 0.3 is 0 Å². The van der Waals surface area contributed by atoms with Crippen molar-refractivity contribution in [2.24, 2.45) is 0 Å². The highest BCUT2D eigenvalue weighted by molar-refractivity contribution is 5.85. The van der Waals surface area contributed by atoms with Crippen LogP contribution >= 0.6 is 12.4 Å². The van der Waals surface area contributed by atoms with E-state index in [1.807, 2.05) is 32.3 Å². The lowest BCUT2D eigenvalue weighted by Crippen LogP contribution is -2.44. The monoisotopic (exact) mass is 455 g/mol. The zero-order valence-corrected chi connectivity index (χ0v) is 20.1. The lowest BCUT2D eigenvalue weighted by molar-refractivity contribution is 0.145. The lowest BCUT2D eigenvalue weighted by atomic mass is 10.1. The van der Waals surface area contributed by atoms with Gasteiger partial charge in [0, 0.05) is 64.0 Å². The number of hydrogen-bond acceptors (Lipinski definition) is 5. The molecule has 0 spiro atoms. The van der Waals surface area contributed by atoms with Gasteiger partial charge in [-0.3, -0.25) is 0 Å². The Bertz CT molecular complexity index is 1010. The Morgan fingerprint density at radius 2 is 1.72 bits per heavy atom. The number of piperazine rings is 1. The third kappa shape index (κ3) is 6.52. The van der Waals surface area contributed by atoms with Gasteiger partial charge in [-0.2, -0.15) is 0 Å². The molecule has 1 saturated heterocycles. The van der Waals surface area contributed by atoms with E-state index in [2.05, 4.69) is 64.2 Å². The zero-order valence-electron chi connectivity index (χ0n) is 19.3. The van der Waals surface area contributed by atoms with E-state index in [1.165, 1.54) is 5.69 Å². The second-order valence-electron chi connectivity index (χ2n) is 8.51. The van der Waals surface area contributed by atoms with Gasteiger partial charge in [0.25, 0.3) is 0 Å². The summed E-state index contributed by atoms with van der Waals surface area (Å²) in [6.07, 6.45) is 5.13. The molecule has 3 aromatic rings. The smallest absolute Gasteiger partial charge is 0.138 e. The maximum absolute atomic E-state index is 6.02. The Morgan fingerprint density at radius 1 is 0.969 bits per heavy atom. The van der Waals surface area contributed by atoms with Crippen LogP contribution < -0.4 is 9.64 Å².